The number of esters is 1. The highest BCUT2D eigenvalue weighted by Crippen LogP contribution is 2.28. The number of carbonyl (C=O) groups is 3. The number of hydrogen-bond donors (Lipinski definition) is 1. The van der Waals surface area contributed by atoms with E-state index in [-0.39, 0.29) is 17.3 Å². The molecule has 0 aliphatic heterocycles. The summed E-state index contributed by atoms with van der Waals surface area (Å²) in [6.07, 6.45) is 0.368. The van der Waals surface area contributed by atoms with E-state index >= 15 is 0 Å². The third-order valence-corrected chi connectivity index (χ3v) is 3.85. The number of methoxy groups -OCH3 is 1. The topological polar surface area (TPSA) is 90.9 Å². The fourth-order valence-electron chi connectivity index (χ4n) is 2.36. The van der Waals surface area contributed by atoms with Gasteiger partial charge in [0, 0.05) is 17.7 Å². The van der Waals surface area contributed by atoms with Gasteiger partial charge in [-0.3, -0.25) is 9.59 Å². The molecule has 28 heavy (non-hydrogen) atoms. The quantitative estimate of drug-likeness (QED) is 0.525. The molecule has 1 amide bonds. The molecule has 2 aromatic rings. The second-order valence-electron chi connectivity index (χ2n) is 5.78. The van der Waals surface area contributed by atoms with E-state index in [1.54, 1.807) is 43.3 Å². The van der Waals surface area contributed by atoms with Crippen LogP contribution in [0, 0.1) is 0 Å². The number of amides is 1. The molecule has 0 heterocycles. The number of nitrogens with one attached hydrogen (secondary N) is 1. The number of anilines is 1. The molecule has 0 atom stereocenters. The summed E-state index contributed by atoms with van der Waals surface area (Å²) < 4.78 is 15.7. The Hall–Kier alpha value is -3.35. The zero-order valence-electron chi connectivity index (χ0n) is 16.1. The number of carbonyl (C=O) groups excluding carboxylic acids is 3. The predicted molar refractivity (Wildman–Crippen MR) is 104 cm³/mol. The van der Waals surface area contributed by atoms with Crippen molar-refractivity contribution in [1.29, 1.82) is 0 Å². The summed E-state index contributed by atoms with van der Waals surface area (Å²) in [5.74, 6) is -0.164. The summed E-state index contributed by atoms with van der Waals surface area (Å²) in [7, 11) is 1.51. The van der Waals surface area contributed by atoms with Crippen molar-refractivity contribution in [2.75, 3.05) is 25.6 Å². The Morgan fingerprint density at radius 3 is 2.21 bits per heavy atom. The van der Waals surface area contributed by atoms with Crippen LogP contribution >= 0.6 is 0 Å². The molecule has 0 saturated carbocycles. The Bertz CT molecular complexity index is 844. The normalized spacial score (nSPS) is 10.1. The molecule has 2 aromatic carbocycles. The first-order chi connectivity index (χ1) is 13.5. The Labute approximate surface area is 163 Å². The number of Topliss-reactive ketones (excluding diaryl/α,β-unsaturated/α-hetero) is 1. The van der Waals surface area contributed by atoms with Gasteiger partial charge in [-0.25, -0.2) is 4.79 Å². The van der Waals surface area contributed by atoms with Crippen molar-refractivity contribution < 1.29 is 28.6 Å². The number of ether oxygens (including phenoxy) is 3. The maximum absolute atomic E-state index is 12.2. The van der Waals surface area contributed by atoms with Gasteiger partial charge in [-0.1, -0.05) is 6.92 Å². The molecule has 0 saturated heterocycles. The summed E-state index contributed by atoms with van der Waals surface area (Å²) in [6.45, 7) is 3.60. The molecule has 0 radical (unpaired) electrons. The van der Waals surface area contributed by atoms with E-state index in [2.05, 4.69) is 5.32 Å². The lowest BCUT2D eigenvalue weighted by atomic mass is 10.1. The van der Waals surface area contributed by atoms with Gasteiger partial charge in [0.15, 0.2) is 23.9 Å². The molecule has 2 rings (SSSR count). The number of ketones is 1. The van der Waals surface area contributed by atoms with Crippen LogP contribution in [0.3, 0.4) is 0 Å². The van der Waals surface area contributed by atoms with Gasteiger partial charge in [0.2, 0.25) is 5.91 Å². The van der Waals surface area contributed by atoms with Crippen LogP contribution in [0.25, 0.3) is 0 Å². The summed E-state index contributed by atoms with van der Waals surface area (Å²) >= 11 is 0. The van der Waals surface area contributed by atoms with Crippen molar-refractivity contribution in [3.05, 3.63) is 53.6 Å². The smallest absolute Gasteiger partial charge is 0.338 e. The summed E-state index contributed by atoms with van der Waals surface area (Å²) in [5.41, 5.74) is 1.24. The second-order valence-corrected chi connectivity index (χ2v) is 5.78. The lowest BCUT2D eigenvalue weighted by Gasteiger charge is -2.11. The molecule has 0 unspecified atom stereocenters. The van der Waals surface area contributed by atoms with Gasteiger partial charge >= 0.3 is 5.97 Å². The van der Waals surface area contributed by atoms with E-state index < -0.39 is 12.6 Å². The van der Waals surface area contributed by atoms with Gasteiger partial charge in [-0.15, -0.1) is 0 Å². The van der Waals surface area contributed by atoms with Crippen LogP contribution in [-0.4, -0.2) is 38.0 Å². The van der Waals surface area contributed by atoms with Crippen molar-refractivity contribution in [1.82, 2.24) is 0 Å². The number of benzene rings is 2. The minimum atomic E-state index is -0.635. The van der Waals surface area contributed by atoms with E-state index in [9.17, 15) is 14.4 Å². The van der Waals surface area contributed by atoms with Crippen molar-refractivity contribution in [2.45, 2.75) is 20.3 Å². The van der Waals surface area contributed by atoms with Gasteiger partial charge in [0.05, 0.1) is 19.3 Å². The molecule has 0 aliphatic carbocycles. The Balaban J connectivity index is 1.97. The van der Waals surface area contributed by atoms with Crippen molar-refractivity contribution in [2.24, 2.45) is 0 Å². The molecule has 7 heteroatoms. The Morgan fingerprint density at radius 2 is 1.61 bits per heavy atom. The summed E-state index contributed by atoms with van der Waals surface area (Å²) in [4.78, 5) is 35.8. The first-order valence-electron chi connectivity index (χ1n) is 8.89. The molecule has 7 nitrogen and oxygen atoms in total. The highest BCUT2D eigenvalue weighted by Gasteiger charge is 2.15. The highest BCUT2D eigenvalue weighted by molar-refractivity contribution is 6.00. The average Bonchev–Trinajstić information content (AvgIpc) is 2.72. The van der Waals surface area contributed by atoms with E-state index in [0.29, 0.717) is 35.8 Å². The zero-order valence-corrected chi connectivity index (χ0v) is 16.1. The van der Waals surface area contributed by atoms with Crippen LogP contribution in [0.15, 0.2) is 42.5 Å². The molecule has 0 fully saturated rings. The van der Waals surface area contributed by atoms with Crippen molar-refractivity contribution in [3.63, 3.8) is 0 Å². The van der Waals surface area contributed by atoms with Crippen molar-refractivity contribution >= 4 is 23.3 Å². The average molecular weight is 385 g/mol. The molecular formula is C21H23NO6. The largest absolute Gasteiger partial charge is 0.493 e. The monoisotopic (exact) mass is 385 g/mol. The van der Waals surface area contributed by atoms with Crippen LogP contribution in [0.1, 0.15) is 41.0 Å². The minimum absolute atomic E-state index is 0.112. The molecular weight excluding hydrogens is 362 g/mol. The van der Waals surface area contributed by atoms with Crippen molar-refractivity contribution in [3.8, 4) is 11.5 Å². The molecule has 1 N–H and O–H groups in total. The van der Waals surface area contributed by atoms with Gasteiger partial charge in [-0.05, 0) is 49.4 Å². The van der Waals surface area contributed by atoms with Gasteiger partial charge in [0.25, 0.3) is 0 Å². The third-order valence-electron chi connectivity index (χ3n) is 3.85. The third kappa shape index (κ3) is 5.57. The van der Waals surface area contributed by atoms with Crippen LogP contribution in [-0.2, 0) is 9.53 Å². The van der Waals surface area contributed by atoms with Gasteiger partial charge in [0.1, 0.15) is 0 Å². The van der Waals surface area contributed by atoms with E-state index in [1.165, 1.54) is 13.2 Å². The molecule has 148 valence electrons. The Morgan fingerprint density at radius 1 is 0.929 bits per heavy atom. The van der Waals surface area contributed by atoms with Gasteiger partial charge in [-0.2, -0.15) is 0 Å². The SMILES string of the molecule is CCOc1cc(C(=O)OCC(=O)c2ccc(NC(=O)CC)cc2)ccc1OC. The maximum atomic E-state index is 12.2. The lowest BCUT2D eigenvalue weighted by molar-refractivity contribution is -0.115. The minimum Gasteiger partial charge on any atom is -0.493 e. The standard InChI is InChI=1S/C21H23NO6/c1-4-20(24)22-16-9-6-14(7-10-16)17(23)13-28-21(25)15-8-11-18(26-3)19(12-15)27-5-2/h6-12H,4-5,13H2,1-3H3,(H,22,24). The molecule has 0 spiro atoms. The Kier molecular flexibility index (Phi) is 7.56. The molecule has 0 bridgehead atoms. The first kappa shape index (κ1) is 21.0. The number of rotatable bonds is 9. The summed E-state index contributed by atoms with van der Waals surface area (Å²) in [6, 6.07) is 11.1. The lowest BCUT2D eigenvalue weighted by Crippen LogP contribution is -2.15. The predicted octanol–water partition coefficient (Wildman–Crippen LogP) is 3.48. The van der Waals surface area contributed by atoms with E-state index in [0.717, 1.165) is 0 Å². The van der Waals surface area contributed by atoms with Crippen LogP contribution in [0.5, 0.6) is 11.5 Å². The van der Waals surface area contributed by atoms with Crippen LogP contribution in [0.4, 0.5) is 5.69 Å². The fourth-order valence-corrected chi connectivity index (χ4v) is 2.36. The second kappa shape index (κ2) is 10.1. The summed E-state index contributed by atoms with van der Waals surface area (Å²) in [5, 5.41) is 2.70. The van der Waals surface area contributed by atoms with Gasteiger partial charge < -0.3 is 19.5 Å². The van der Waals surface area contributed by atoms with E-state index in [1.807, 2.05) is 6.92 Å². The first-order valence-corrected chi connectivity index (χ1v) is 8.89. The molecule has 0 aromatic heterocycles. The van der Waals surface area contributed by atoms with E-state index in [4.69, 9.17) is 14.2 Å². The fraction of sp³-hybridized carbons (Fsp3) is 0.286. The maximum Gasteiger partial charge on any atom is 0.338 e. The zero-order chi connectivity index (χ0) is 20.5. The highest BCUT2D eigenvalue weighted by atomic mass is 16.5. The number of hydrogen-bond acceptors (Lipinski definition) is 6. The van der Waals surface area contributed by atoms with Crippen LogP contribution < -0.4 is 14.8 Å². The van der Waals surface area contributed by atoms with Crippen LogP contribution in [0.2, 0.25) is 0 Å². The molecule has 0 aliphatic rings.